The molecule has 0 aliphatic carbocycles. The van der Waals surface area contributed by atoms with E-state index >= 15 is 0 Å². The molecule has 0 N–H and O–H groups in total. The fraction of sp³-hybridized carbons (Fsp3) is 0. The molecule has 0 heterocycles. The molecule has 0 bridgehead atoms. The van der Waals surface area contributed by atoms with Crippen molar-refractivity contribution in [2.45, 2.75) is 0 Å². The third-order valence-electron chi connectivity index (χ3n) is 1.38. The minimum absolute atomic E-state index is 0.135. The van der Waals surface area contributed by atoms with Crippen molar-refractivity contribution in [1.29, 1.82) is 0 Å². The monoisotopic (exact) mass is 292 g/mol. The van der Waals surface area contributed by atoms with Crippen LogP contribution in [-0.4, -0.2) is 11.2 Å². The fourth-order valence-electron chi connectivity index (χ4n) is 0.803. The lowest BCUT2D eigenvalue weighted by molar-refractivity contribution is -0.398. The Hall–Kier alpha value is -1.18. The van der Waals surface area contributed by atoms with Crippen LogP contribution in [0.2, 0.25) is 0 Å². The average molecular weight is 292 g/mol. The summed E-state index contributed by atoms with van der Waals surface area (Å²) in [6.45, 7) is 0. The van der Waals surface area contributed by atoms with Crippen molar-refractivity contribution in [3.8, 4) is 5.75 Å². The summed E-state index contributed by atoms with van der Waals surface area (Å²) in [5.74, 6) is -0.656. The number of carbonyl (C=O) groups is 1. The minimum Gasteiger partial charge on any atom is -0.867 e. The molecule has 13 heavy (non-hydrogen) atoms. The third kappa shape index (κ3) is 1.94. The quantitative estimate of drug-likeness (QED) is 0.353. The Labute approximate surface area is 86.7 Å². The molecular weight excluding hydrogens is 289 g/mol. The number of carbonyl (C=O) groups excluding carboxylic acids is 1. The number of nitro groups is 1. The van der Waals surface area contributed by atoms with Gasteiger partial charge in [0.2, 0.25) is 0 Å². The molecular formula is C7H3INO4-. The van der Waals surface area contributed by atoms with E-state index in [1.807, 2.05) is 0 Å². The number of hydrogen-bond acceptors (Lipinski definition) is 4. The van der Waals surface area contributed by atoms with Gasteiger partial charge in [0.05, 0.1) is 4.92 Å². The van der Waals surface area contributed by atoms with Crippen molar-refractivity contribution >= 4 is 34.6 Å². The topological polar surface area (TPSA) is 83.3 Å². The van der Waals surface area contributed by atoms with Gasteiger partial charge < -0.3 is 5.11 Å². The summed E-state index contributed by atoms with van der Waals surface area (Å²) in [7, 11) is 0. The molecule has 0 saturated carbocycles. The molecule has 0 unspecified atom stereocenters. The van der Waals surface area contributed by atoms with E-state index in [1.54, 1.807) is 22.6 Å². The van der Waals surface area contributed by atoms with E-state index in [0.717, 1.165) is 6.07 Å². The van der Waals surface area contributed by atoms with Gasteiger partial charge in [0, 0.05) is 15.2 Å². The molecule has 0 spiro atoms. The number of rotatable bonds is 2. The molecule has 0 atom stereocenters. The first-order valence-corrected chi connectivity index (χ1v) is 4.24. The Bertz CT molecular complexity index is 377. The standard InChI is InChI=1S/C7H4INO4/c8-5-1-4(3-10)2-6(7(5)11)9(12)13/h1-3,11H/p-1. The van der Waals surface area contributed by atoms with Crippen LogP contribution in [0.15, 0.2) is 12.1 Å². The highest BCUT2D eigenvalue weighted by Crippen LogP contribution is 2.29. The van der Waals surface area contributed by atoms with E-state index in [1.165, 1.54) is 6.07 Å². The number of hydrogen-bond donors (Lipinski definition) is 0. The first-order valence-electron chi connectivity index (χ1n) is 3.16. The summed E-state index contributed by atoms with van der Waals surface area (Å²) in [6.07, 6.45) is 0.467. The Morgan fingerprint density at radius 2 is 2.08 bits per heavy atom. The van der Waals surface area contributed by atoms with Crippen LogP contribution in [0.3, 0.4) is 0 Å². The second-order valence-corrected chi connectivity index (χ2v) is 3.39. The first-order chi connectivity index (χ1) is 6.06. The van der Waals surface area contributed by atoms with Gasteiger partial charge in [-0.05, 0) is 34.4 Å². The Morgan fingerprint density at radius 3 is 2.54 bits per heavy atom. The smallest absolute Gasteiger partial charge is 0.263 e. The Morgan fingerprint density at radius 1 is 1.46 bits per heavy atom. The van der Waals surface area contributed by atoms with Crippen molar-refractivity contribution in [1.82, 2.24) is 0 Å². The first kappa shape index (κ1) is 9.90. The van der Waals surface area contributed by atoms with Crippen LogP contribution < -0.4 is 5.11 Å². The van der Waals surface area contributed by atoms with Crippen LogP contribution in [0.5, 0.6) is 5.75 Å². The van der Waals surface area contributed by atoms with Gasteiger partial charge in [0.25, 0.3) is 5.69 Å². The third-order valence-corrected chi connectivity index (χ3v) is 2.18. The summed E-state index contributed by atoms with van der Waals surface area (Å²) in [4.78, 5) is 19.9. The molecule has 0 saturated heterocycles. The van der Waals surface area contributed by atoms with Crippen LogP contribution in [0.1, 0.15) is 10.4 Å². The highest BCUT2D eigenvalue weighted by molar-refractivity contribution is 14.1. The lowest BCUT2D eigenvalue weighted by Crippen LogP contribution is -2.01. The van der Waals surface area contributed by atoms with E-state index in [4.69, 9.17) is 0 Å². The number of nitro benzene ring substituents is 1. The molecule has 0 fully saturated rings. The summed E-state index contributed by atoms with van der Waals surface area (Å²) in [6, 6.07) is 2.28. The molecule has 1 aromatic carbocycles. The summed E-state index contributed by atoms with van der Waals surface area (Å²) < 4.78 is 0.175. The van der Waals surface area contributed by atoms with Crippen molar-refractivity contribution < 1.29 is 14.8 Å². The largest absolute Gasteiger partial charge is 0.867 e. The van der Waals surface area contributed by atoms with Crippen molar-refractivity contribution in [3.63, 3.8) is 0 Å². The zero-order chi connectivity index (χ0) is 10.0. The summed E-state index contributed by atoms with van der Waals surface area (Å²) in [5.41, 5.74) is -0.426. The predicted octanol–water partition coefficient (Wildman–Crippen LogP) is 1.09. The SMILES string of the molecule is O=Cc1cc(I)c([O-])c([N+](=O)[O-])c1. The molecule has 6 heteroatoms. The molecule has 0 amide bonds. The minimum atomic E-state index is -0.794. The number of halogens is 1. The molecule has 5 nitrogen and oxygen atoms in total. The van der Waals surface area contributed by atoms with E-state index in [0.29, 0.717) is 6.29 Å². The molecule has 1 aromatic rings. The maximum Gasteiger partial charge on any atom is 0.263 e. The normalized spacial score (nSPS) is 9.62. The van der Waals surface area contributed by atoms with Gasteiger partial charge in [0.1, 0.15) is 6.29 Å². The van der Waals surface area contributed by atoms with Gasteiger partial charge in [-0.15, -0.1) is 0 Å². The van der Waals surface area contributed by atoms with Crippen molar-refractivity contribution in [2.75, 3.05) is 0 Å². The molecule has 1 rings (SSSR count). The predicted molar refractivity (Wildman–Crippen MR) is 50.6 cm³/mol. The van der Waals surface area contributed by atoms with Crippen LogP contribution in [0.25, 0.3) is 0 Å². The van der Waals surface area contributed by atoms with Gasteiger partial charge in [-0.2, -0.15) is 0 Å². The number of benzene rings is 1. The molecule has 0 aromatic heterocycles. The number of aldehydes is 1. The molecule has 0 aliphatic rings. The van der Waals surface area contributed by atoms with E-state index < -0.39 is 16.4 Å². The van der Waals surface area contributed by atoms with Crippen molar-refractivity contribution in [2.24, 2.45) is 0 Å². The van der Waals surface area contributed by atoms with Gasteiger partial charge >= 0.3 is 0 Å². The summed E-state index contributed by atoms with van der Waals surface area (Å²) >= 11 is 1.66. The van der Waals surface area contributed by atoms with E-state index in [9.17, 15) is 20.0 Å². The average Bonchev–Trinajstić information content (AvgIpc) is 2.09. The zero-order valence-corrected chi connectivity index (χ0v) is 8.35. The molecule has 0 aliphatic heterocycles. The summed E-state index contributed by atoms with van der Waals surface area (Å²) in [5, 5.41) is 21.4. The highest BCUT2D eigenvalue weighted by atomic mass is 127. The maximum absolute atomic E-state index is 11.1. The van der Waals surface area contributed by atoms with Gasteiger partial charge in [-0.3, -0.25) is 14.9 Å². The van der Waals surface area contributed by atoms with Crippen LogP contribution >= 0.6 is 22.6 Å². The zero-order valence-electron chi connectivity index (χ0n) is 6.19. The van der Waals surface area contributed by atoms with Crippen molar-refractivity contribution in [3.05, 3.63) is 31.4 Å². The van der Waals surface area contributed by atoms with Crippen LogP contribution in [0.4, 0.5) is 5.69 Å². The van der Waals surface area contributed by atoms with Gasteiger partial charge in [0.15, 0.2) is 0 Å². The lowest BCUT2D eigenvalue weighted by atomic mass is 10.2. The second kappa shape index (κ2) is 3.69. The number of nitrogens with zero attached hydrogens (tertiary/aromatic N) is 1. The Balaban J connectivity index is 3.41. The Kier molecular flexibility index (Phi) is 2.81. The fourth-order valence-corrected chi connectivity index (χ4v) is 1.44. The van der Waals surface area contributed by atoms with Crippen LogP contribution in [0, 0.1) is 13.7 Å². The maximum atomic E-state index is 11.1. The lowest BCUT2D eigenvalue weighted by Gasteiger charge is -2.08. The van der Waals surface area contributed by atoms with E-state index in [-0.39, 0.29) is 9.13 Å². The molecule has 0 radical (unpaired) electrons. The molecule has 68 valence electrons. The van der Waals surface area contributed by atoms with Gasteiger partial charge in [-0.25, -0.2) is 0 Å². The highest BCUT2D eigenvalue weighted by Gasteiger charge is 2.10. The van der Waals surface area contributed by atoms with Gasteiger partial charge in [-0.1, -0.05) is 0 Å². The van der Waals surface area contributed by atoms with E-state index in [2.05, 4.69) is 0 Å². The second-order valence-electron chi connectivity index (χ2n) is 2.23. The van der Waals surface area contributed by atoms with Crippen LogP contribution in [-0.2, 0) is 0 Å².